The first-order valence-corrected chi connectivity index (χ1v) is 8.94. The van der Waals surface area contributed by atoms with Crippen LogP contribution in [0.1, 0.15) is 21.5 Å². The van der Waals surface area contributed by atoms with Crippen LogP contribution in [0.3, 0.4) is 0 Å². The summed E-state index contributed by atoms with van der Waals surface area (Å²) in [6.45, 7) is 0.148. The zero-order valence-corrected chi connectivity index (χ0v) is 15.3. The van der Waals surface area contributed by atoms with Gasteiger partial charge in [0.05, 0.1) is 36.4 Å². The van der Waals surface area contributed by atoms with Gasteiger partial charge in [-0.25, -0.2) is 0 Å². The number of ether oxygens (including phenoxy) is 1. The Morgan fingerprint density at radius 2 is 1.90 bits per heavy atom. The maximum atomic E-state index is 12.9. The number of carbonyl (C=O) groups excluding carboxylic acids is 1. The number of para-hydroxylation sites is 1. The lowest BCUT2D eigenvalue weighted by Crippen LogP contribution is -2.24. The van der Waals surface area contributed by atoms with Crippen molar-refractivity contribution in [2.24, 2.45) is 0 Å². The number of carbonyl (C=O) groups is 1. The van der Waals surface area contributed by atoms with Gasteiger partial charge < -0.3 is 14.8 Å². The highest BCUT2D eigenvalue weighted by molar-refractivity contribution is 6.15. The summed E-state index contributed by atoms with van der Waals surface area (Å²) in [5.41, 5.74) is 2.49. The molecule has 3 aromatic rings. The summed E-state index contributed by atoms with van der Waals surface area (Å²) < 4.78 is 5.86. The molecule has 29 heavy (non-hydrogen) atoms. The Morgan fingerprint density at radius 1 is 1.14 bits per heavy atom. The average molecular weight is 384 g/mol. The lowest BCUT2D eigenvalue weighted by molar-refractivity contribution is 0.101. The van der Waals surface area contributed by atoms with E-state index in [1.54, 1.807) is 17.2 Å². The van der Waals surface area contributed by atoms with Gasteiger partial charge in [0, 0.05) is 29.2 Å². The van der Waals surface area contributed by atoms with Crippen molar-refractivity contribution in [1.82, 2.24) is 9.88 Å². The number of benzene rings is 2. The van der Waals surface area contributed by atoms with E-state index < -0.39 is 0 Å². The third-order valence-electron chi connectivity index (χ3n) is 4.79. The quantitative estimate of drug-likeness (QED) is 0.515. The van der Waals surface area contributed by atoms with Crippen LogP contribution in [0.2, 0.25) is 0 Å². The van der Waals surface area contributed by atoms with E-state index in [0.29, 0.717) is 11.1 Å². The number of aromatic hydroxyl groups is 1. The van der Waals surface area contributed by atoms with Crippen LogP contribution in [0.15, 0.2) is 48.4 Å². The standard InChI is InChI=1S/C22H16N4O3/c23-7-9-26(10-8-24)13-17-19(27)6-5-16-21(28)20(29-22(16)17)11-14-12-25-18-4-2-1-3-15(14)18/h1-6,11-12,25,27H,9-10,13H2/b20-11-. The van der Waals surface area contributed by atoms with Crippen molar-refractivity contribution in [3.05, 3.63) is 65.0 Å². The first-order chi connectivity index (χ1) is 14.1. The van der Waals surface area contributed by atoms with Gasteiger partial charge in [-0.2, -0.15) is 10.5 Å². The predicted molar refractivity (Wildman–Crippen MR) is 106 cm³/mol. The van der Waals surface area contributed by atoms with Gasteiger partial charge in [0.1, 0.15) is 11.5 Å². The Balaban J connectivity index is 1.71. The number of ketones is 1. The largest absolute Gasteiger partial charge is 0.507 e. The van der Waals surface area contributed by atoms with Crippen molar-refractivity contribution < 1.29 is 14.6 Å². The van der Waals surface area contributed by atoms with Crippen LogP contribution >= 0.6 is 0 Å². The molecule has 1 aliphatic rings. The number of aromatic amines is 1. The van der Waals surface area contributed by atoms with Crippen molar-refractivity contribution in [2.75, 3.05) is 13.1 Å². The van der Waals surface area contributed by atoms with Crippen LogP contribution in [0.5, 0.6) is 11.5 Å². The lowest BCUT2D eigenvalue weighted by Gasteiger charge is -2.17. The topological polar surface area (TPSA) is 113 Å². The summed E-state index contributed by atoms with van der Waals surface area (Å²) in [5.74, 6) is 0.0927. The molecule has 0 radical (unpaired) electrons. The number of nitrogens with one attached hydrogen (secondary N) is 1. The number of H-pyrrole nitrogens is 1. The number of phenolic OH excluding ortho intramolecular Hbond substituents is 1. The van der Waals surface area contributed by atoms with E-state index in [0.717, 1.165) is 16.5 Å². The fourth-order valence-corrected chi connectivity index (χ4v) is 3.40. The van der Waals surface area contributed by atoms with Gasteiger partial charge in [-0.1, -0.05) is 18.2 Å². The maximum Gasteiger partial charge on any atom is 0.231 e. The SMILES string of the molecule is N#CCN(CC#N)Cc1c(O)ccc2c1O/C(=C\c1c[nH]c3ccccc13)C2=O. The molecule has 2 N–H and O–H groups in total. The molecule has 4 rings (SSSR count). The Hall–Kier alpha value is -4.07. The van der Waals surface area contributed by atoms with Gasteiger partial charge >= 0.3 is 0 Å². The van der Waals surface area contributed by atoms with Crippen LogP contribution in [0.25, 0.3) is 17.0 Å². The number of hydrogen-bond acceptors (Lipinski definition) is 6. The van der Waals surface area contributed by atoms with E-state index in [9.17, 15) is 9.90 Å². The highest BCUT2D eigenvalue weighted by Crippen LogP contribution is 2.40. The molecule has 0 bridgehead atoms. The van der Waals surface area contributed by atoms with Crippen molar-refractivity contribution in [3.63, 3.8) is 0 Å². The van der Waals surface area contributed by atoms with Crippen LogP contribution in [-0.4, -0.2) is 33.9 Å². The Bertz CT molecular complexity index is 1210. The van der Waals surface area contributed by atoms with Crippen LogP contribution in [0.4, 0.5) is 0 Å². The number of nitriles is 2. The van der Waals surface area contributed by atoms with E-state index in [1.165, 1.54) is 12.1 Å². The molecule has 7 heteroatoms. The highest BCUT2D eigenvalue weighted by atomic mass is 16.5. The molecular weight excluding hydrogens is 368 g/mol. The summed E-state index contributed by atoms with van der Waals surface area (Å²) in [4.78, 5) is 17.6. The van der Waals surface area contributed by atoms with Gasteiger partial charge in [0.2, 0.25) is 5.78 Å². The second-order valence-corrected chi connectivity index (χ2v) is 6.63. The first kappa shape index (κ1) is 18.3. The summed E-state index contributed by atoms with van der Waals surface area (Å²) in [7, 11) is 0. The van der Waals surface area contributed by atoms with Crippen molar-refractivity contribution in [2.45, 2.75) is 6.54 Å². The number of allylic oxidation sites excluding steroid dienone is 1. The fourth-order valence-electron chi connectivity index (χ4n) is 3.40. The molecule has 142 valence electrons. The number of fused-ring (bicyclic) bond motifs is 2. The summed E-state index contributed by atoms with van der Waals surface area (Å²) in [5, 5.41) is 29.2. The molecule has 1 aliphatic heterocycles. The van der Waals surface area contributed by atoms with Gasteiger partial charge in [-0.3, -0.25) is 9.69 Å². The Kier molecular flexibility index (Phi) is 4.74. The van der Waals surface area contributed by atoms with Crippen LogP contribution in [-0.2, 0) is 6.54 Å². The van der Waals surface area contributed by atoms with E-state index in [1.807, 2.05) is 36.4 Å². The molecule has 0 saturated heterocycles. The van der Waals surface area contributed by atoms with Gasteiger partial charge in [-0.05, 0) is 24.3 Å². The molecule has 0 amide bonds. The van der Waals surface area contributed by atoms with Crippen molar-refractivity contribution in [1.29, 1.82) is 10.5 Å². The molecule has 1 aromatic heterocycles. The molecule has 0 spiro atoms. The zero-order valence-electron chi connectivity index (χ0n) is 15.3. The molecule has 0 atom stereocenters. The molecule has 0 aliphatic carbocycles. The summed E-state index contributed by atoms with van der Waals surface area (Å²) in [6.07, 6.45) is 3.47. The normalized spacial score (nSPS) is 14.0. The molecule has 0 unspecified atom stereocenters. The number of aromatic nitrogens is 1. The van der Waals surface area contributed by atoms with Crippen molar-refractivity contribution >= 4 is 22.8 Å². The number of hydrogen-bond donors (Lipinski definition) is 2. The maximum absolute atomic E-state index is 12.9. The monoisotopic (exact) mass is 384 g/mol. The minimum absolute atomic E-state index is 0.0165. The minimum Gasteiger partial charge on any atom is -0.507 e. The third kappa shape index (κ3) is 3.31. The van der Waals surface area contributed by atoms with Gasteiger partial charge in [0.25, 0.3) is 0 Å². The molecular formula is C22H16N4O3. The number of nitrogens with zero attached hydrogens (tertiary/aromatic N) is 3. The van der Waals surface area contributed by atoms with E-state index >= 15 is 0 Å². The number of phenols is 1. The molecule has 2 heterocycles. The second-order valence-electron chi connectivity index (χ2n) is 6.63. The minimum atomic E-state index is -0.279. The zero-order chi connectivity index (χ0) is 20.4. The van der Waals surface area contributed by atoms with Gasteiger partial charge in [-0.15, -0.1) is 0 Å². The van der Waals surface area contributed by atoms with Crippen LogP contribution in [0, 0.1) is 22.7 Å². The van der Waals surface area contributed by atoms with Crippen molar-refractivity contribution in [3.8, 4) is 23.6 Å². The average Bonchev–Trinajstić information content (AvgIpc) is 3.26. The van der Waals surface area contributed by atoms with E-state index in [-0.39, 0.29) is 42.7 Å². The highest BCUT2D eigenvalue weighted by Gasteiger charge is 2.31. The molecule has 0 fully saturated rings. The third-order valence-corrected chi connectivity index (χ3v) is 4.79. The smallest absolute Gasteiger partial charge is 0.231 e. The summed E-state index contributed by atoms with van der Waals surface area (Å²) in [6, 6.07) is 14.7. The number of Topliss-reactive ketones (excluding diaryl/α,β-unsaturated/α-hetero) is 1. The molecule has 0 saturated carbocycles. The fraction of sp³-hybridized carbons (Fsp3) is 0.136. The summed E-state index contributed by atoms with van der Waals surface area (Å²) >= 11 is 0. The number of rotatable bonds is 5. The predicted octanol–water partition coefficient (Wildman–Crippen LogP) is 3.34. The van der Waals surface area contributed by atoms with E-state index in [2.05, 4.69) is 4.98 Å². The molecule has 2 aromatic carbocycles. The Labute approximate surface area is 166 Å². The lowest BCUT2D eigenvalue weighted by atomic mass is 10.0. The molecule has 7 nitrogen and oxygen atoms in total. The first-order valence-electron chi connectivity index (χ1n) is 8.94. The Morgan fingerprint density at radius 3 is 2.66 bits per heavy atom. The van der Waals surface area contributed by atoms with Crippen LogP contribution < -0.4 is 4.74 Å². The second kappa shape index (κ2) is 7.51. The van der Waals surface area contributed by atoms with Gasteiger partial charge in [0.15, 0.2) is 5.76 Å². The van der Waals surface area contributed by atoms with E-state index in [4.69, 9.17) is 15.3 Å².